The number of amides is 5. The molecule has 0 unspecified atom stereocenters. The van der Waals surface area contributed by atoms with Crippen LogP contribution in [0.2, 0.25) is 0 Å². The Balaban J connectivity index is 0.000000207. The third-order valence-corrected chi connectivity index (χ3v) is 16.2. The van der Waals surface area contributed by atoms with E-state index in [2.05, 4.69) is 99.0 Å². The lowest BCUT2D eigenvalue weighted by molar-refractivity contribution is -0.131. The Bertz CT molecular complexity index is 8270. The van der Waals surface area contributed by atoms with Crippen LogP contribution in [0.3, 0.4) is 0 Å². The van der Waals surface area contributed by atoms with Gasteiger partial charge < -0.3 is 98.1 Å². The Hall–Kier alpha value is -13.1. The molecule has 5 amide bonds. The quantitative estimate of drug-likeness (QED) is 0.0601. The van der Waals surface area contributed by atoms with Crippen LogP contribution in [0.15, 0.2) is 80.5 Å². The second kappa shape index (κ2) is 38.8. The molecule has 0 aliphatic carbocycles. The number of carbonyl (C=O) groups is 5. The number of anilines is 5. The summed E-state index contributed by atoms with van der Waals surface area (Å²) in [6, 6.07) is -11.5. The van der Waals surface area contributed by atoms with Crippen LogP contribution in [0.5, 0.6) is 0 Å². The Morgan fingerprint density at radius 3 is 1.11 bits per heavy atom. The van der Waals surface area contributed by atoms with Gasteiger partial charge in [0.1, 0.15) is 89.0 Å². The minimum absolute atomic E-state index is 0.0101. The summed E-state index contributed by atoms with van der Waals surface area (Å²) in [4.78, 5) is 131. The van der Waals surface area contributed by atoms with Crippen molar-refractivity contribution in [3.63, 3.8) is 0 Å². The maximum absolute atomic E-state index is 12.8. The van der Waals surface area contributed by atoms with Crippen molar-refractivity contribution < 1.29 is 108 Å². The maximum Gasteiger partial charge on any atom is 0.302 e. The van der Waals surface area contributed by atoms with Crippen LogP contribution in [0.1, 0.15) is 161 Å². The molecular formula is C82H104N30O5. The summed E-state index contributed by atoms with van der Waals surface area (Å²) in [5.74, 6) is -26.8. The van der Waals surface area contributed by atoms with Gasteiger partial charge in [-0.05, 0) is 106 Å². The molecule has 0 saturated carbocycles. The van der Waals surface area contributed by atoms with E-state index in [1.54, 1.807) is 13.8 Å². The van der Waals surface area contributed by atoms with Gasteiger partial charge in [0, 0.05) is 194 Å². The fourth-order valence-electron chi connectivity index (χ4n) is 10.7. The fourth-order valence-corrected chi connectivity index (χ4v) is 10.7. The predicted octanol–water partition coefficient (Wildman–Crippen LogP) is 8.37. The number of aromatic nitrogens is 15. The largest absolute Gasteiger partial charge is 0.354 e. The van der Waals surface area contributed by atoms with Crippen LogP contribution in [-0.2, 0) is 24.0 Å². The molecule has 10 aromatic heterocycles. The van der Waals surface area contributed by atoms with Crippen molar-refractivity contribution in [1.29, 1.82) is 0 Å². The van der Waals surface area contributed by atoms with Crippen LogP contribution < -0.4 is 24.5 Å². The minimum Gasteiger partial charge on any atom is -0.354 e. The van der Waals surface area contributed by atoms with E-state index in [4.69, 9.17) is 114 Å². The van der Waals surface area contributed by atoms with E-state index in [1.807, 2.05) is 0 Å². The molecule has 15 heterocycles. The standard InChI is InChI=1S/2C17H22N6O.3C16H20N6O/c2*1-11-5-6-23(15(24)8-18-3)9-14(11)22(4)17-13-7-12(2)21-16(13)19-10-20-17;3*1-11-5-7-22(14(23)8-17-2)9-13(11)21(3)16-12-4-6-18-15(12)19-10-20-16/h2*7,10-11,14H,5-6,8-9H2,1-2,4H3,(H,19,20,21);3*4,6,10-11,13H,5,7-9H2,1,3H3,(H,18,19,20)/t2*11-,14+;3*11-,13+/m11111/s1/i1D3,5D2,6D2,7D,9D2,11D;1D3,5D2,6D2,7D,9D2;1D3,3D3,5D2,7D2,9D2,11D,13D;1D3,3D3,5D2,7D2,9D2,13D;1D3,3D3,5D2,7D2,9D2,11D. The zero-order valence-electron chi connectivity index (χ0n) is 122. The van der Waals surface area contributed by atoms with Crippen LogP contribution in [0.4, 0.5) is 29.1 Å². The summed E-state index contributed by atoms with van der Waals surface area (Å²) in [6.07, 6.45) is -10.1. The third kappa shape index (κ3) is 19.6. The fraction of sp³-hybridized carbons (Fsp3) is 0.512. The molecule has 0 bridgehead atoms. The number of nitrogens with zero attached hydrogens (tertiary/aromatic N) is 25. The molecule has 5 fully saturated rings. The van der Waals surface area contributed by atoms with Crippen molar-refractivity contribution >= 4 is 114 Å². The molecule has 0 aromatic carbocycles. The monoisotopic (exact) mass is 1650 g/mol. The second-order valence-electron chi connectivity index (χ2n) is 23.8. The highest BCUT2D eigenvalue weighted by molar-refractivity contribution is 5.92. The summed E-state index contributed by atoms with van der Waals surface area (Å²) in [7, 11) is 2.36. The number of aryl methyl sites for hydroxylation is 2. The van der Waals surface area contributed by atoms with Gasteiger partial charge in [0.25, 0.3) is 32.7 Å². The van der Waals surface area contributed by atoms with E-state index in [0.717, 1.165) is 48.5 Å². The predicted molar refractivity (Wildman–Crippen MR) is 449 cm³/mol. The zero-order valence-corrected chi connectivity index (χ0v) is 61.0. The number of fused-ring (bicyclic) bond motifs is 5. The zero-order chi connectivity index (χ0) is 137. The number of hydrogen-bond donors (Lipinski definition) is 5. The van der Waals surface area contributed by atoms with Crippen molar-refractivity contribution in [1.82, 2.24) is 99.3 Å². The molecule has 0 radical (unpaired) electrons. The van der Waals surface area contributed by atoms with Crippen molar-refractivity contribution in [3.8, 4) is 0 Å². The number of rotatable bonds is 15. The topological polar surface area (TPSA) is 347 Å². The van der Waals surface area contributed by atoms with Gasteiger partial charge in [0.2, 0.25) is 0 Å². The molecule has 10 aromatic rings. The first-order valence-electron chi connectivity index (χ1n) is 63.8. The highest BCUT2D eigenvalue weighted by atomic mass is 16.2. The molecule has 117 heavy (non-hydrogen) atoms. The molecule has 612 valence electrons. The SMILES string of the molecule is [2H]C([2H])([2H])N(c1ncnc2[nH]ccc12)[C@@]1([2H])C([2H])([2H])N(C(=O)C[N+]#[C-])C([2H])([2H])C([2H])([2H])[C@@]1([2H])C([2H])([2H])[2H].[2H]C([2H])([2H])N(c1ncnc2[nH]ccc12)[C@H]1C([2H])([2H])N(C(=O)C[N+]#[C-])C([2H])([2H])C([2H])([2H])[C@@]1([2H])C([2H])([2H])[2H].[2H]C([2H])([2H])[C@@H]1C([2H])([2H])C([2H])([2H])N(C(=O)C[N+]#[C-])C([2H])([2H])[C@]1([2H])N(c1ncnc2[nH]ccc12)C([2H])([2H])[2H].[2H]c1c(C)[nH]c2ncnc(N(C)[C@@H]3[C@H](C([2H])([2H])[2H])C([2H])([2H])C([2H])([2H])N(C(=O)C[N+]#[C-])C3([2H])[2H])c12.[2H]c1c(C)[nH]c2ncnc(N(C)[C@H]3C([2H])([2H])N(C(=O)C[N+]#[C-])C([2H])([2H])C([2H])([2H])[C@@]3([2H])C([2H])([2H])[2H])c12. The Morgan fingerprint density at radius 2 is 0.726 bits per heavy atom. The van der Waals surface area contributed by atoms with Crippen LogP contribution >= 0.6 is 0 Å². The summed E-state index contributed by atoms with van der Waals surface area (Å²) in [6.45, 7) is -33.3. The van der Waals surface area contributed by atoms with E-state index >= 15 is 0 Å². The van der Waals surface area contributed by atoms with Gasteiger partial charge in [-0.15, -0.1) is 0 Å². The number of likely N-dealkylation sites (tertiary alicyclic amines) is 5. The molecule has 10 atom stereocenters. The van der Waals surface area contributed by atoms with Crippen molar-refractivity contribution in [3.05, 3.63) is 149 Å². The number of nitrogens with one attached hydrogen (secondary N) is 5. The Kier molecular flexibility index (Phi) is 11.9. The summed E-state index contributed by atoms with van der Waals surface area (Å²) in [5.41, 5.74) is 1.15. The van der Waals surface area contributed by atoms with Crippen LogP contribution in [0.25, 0.3) is 79.4 Å². The lowest BCUT2D eigenvalue weighted by atomic mass is 9.92. The number of carbonyl (C=O) groups excluding carboxylic acids is 5. The molecule has 5 aliphatic heterocycles. The first-order valence-corrected chi connectivity index (χ1v) is 33.3. The van der Waals surface area contributed by atoms with E-state index in [1.165, 1.54) is 43.8 Å². The van der Waals surface area contributed by atoms with E-state index in [0.29, 0.717) is 11.4 Å². The van der Waals surface area contributed by atoms with Gasteiger partial charge in [0.05, 0.1) is 76.3 Å². The molecule has 15 rings (SSSR count). The summed E-state index contributed by atoms with van der Waals surface area (Å²) in [5, 5.41) is -0.165. The minimum atomic E-state index is -4.23. The molecule has 35 nitrogen and oxygen atoms in total. The van der Waals surface area contributed by atoms with Crippen LogP contribution in [-0.4, -0.2) is 292 Å². The molecule has 5 N–H and O–H groups in total. The summed E-state index contributed by atoms with van der Waals surface area (Å²) < 4.78 is 509. The number of piperidine rings is 5. The van der Waals surface area contributed by atoms with Gasteiger partial charge in [-0.2, -0.15) is 0 Å². The van der Waals surface area contributed by atoms with Crippen molar-refractivity contribution in [2.24, 2.45) is 29.5 Å². The van der Waals surface area contributed by atoms with E-state index in [9.17, 15) is 26.7 Å². The molecule has 35 heteroatoms. The van der Waals surface area contributed by atoms with Gasteiger partial charge in [-0.1, -0.05) is 34.3 Å². The second-order valence-corrected chi connectivity index (χ2v) is 23.8. The lowest BCUT2D eigenvalue weighted by Gasteiger charge is -2.41. The average Bonchev–Trinajstić information content (AvgIpc) is 0.710. The first kappa shape index (κ1) is 36.0. The van der Waals surface area contributed by atoms with Gasteiger partial charge in [-0.25, -0.2) is 82.7 Å². The maximum atomic E-state index is 12.8. The molecular weight excluding hydrogens is 1490 g/mol. The average molecular weight is 1650 g/mol. The number of hydrogen-bond acceptors (Lipinski definition) is 20. The Labute approximate surface area is 766 Å². The first-order chi connectivity index (χ1) is 80.1. The third-order valence-electron chi connectivity index (χ3n) is 16.2. The van der Waals surface area contributed by atoms with Crippen molar-refractivity contribution in [2.75, 3.05) is 157 Å². The highest BCUT2D eigenvalue weighted by Gasteiger charge is 2.39. The summed E-state index contributed by atoms with van der Waals surface area (Å²) >= 11 is 0. The lowest BCUT2D eigenvalue weighted by Crippen LogP contribution is -2.53. The van der Waals surface area contributed by atoms with Gasteiger partial charge in [-0.3, -0.25) is 24.0 Å². The Morgan fingerprint density at radius 1 is 0.410 bits per heavy atom. The number of likely N-dealkylation sites (N-methyl/N-ethyl adjacent to an activating group) is 5. The van der Waals surface area contributed by atoms with E-state index < -0.39 is 296 Å². The van der Waals surface area contributed by atoms with Crippen LogP contribution in [0, 0.1) is 76.2 Å². The van der Waals surface area contributed by atoms with Gasteiger partial charge in [0.15, 0.2) is 0 Å². The number of H-pyrrole nitrogens is 5. The number of aromatic amines is 5. The van der Waals surface area contributed by atoms with Gasteiger partial charge >= 0.3 is 29.5 Å². The smallest absolute Gasteiger partial charge is 0.302 e. The van der Waals surface area contributed by atoms with Crippen molar-refractivity contribution in [2.45, 2.75) is 110 Å². The highest BCUT2D eigenvalue weighted by Crippen LogP contribution is 2.35. The molecule has 5 saturated heterocycles. The molecule has 5 aliphatic rings. The normalized spacial score (nSPS) is 39.2. The molecule has 0 spiro atoms. The van der Waals surface area contributed by atoms with E-state index in [-0.39, 0.29) is 113 Å².